The van der Waals surface area contributed by atoms with Gasteiger partial charge in [-0.2, -0.15) is 0 Å². The molecule has 0 saturated carbocycles. The molecule has 4 heteroatoms. The summed E-state index contributed by atoms with van der Waals surface area (Å²) in [6, 6.07) is 9.64. The molecule has 1 saturated heterocycles. The van der Waals surface area contributed by atoms with Crippen LogP contribution in [0, 0.1) is 0 Å². The number of rotatable bonds is 4. The van der Waals surface area contributed by atoms with Gasteiger partial charge >= 0.3 is 0 Å². The van der Waals surface area contributed by atoms with E-state index in [1.807, 2.05) is 35.2 Å². The van der Waals surface area contributed by atoms with Crippen LogP contribution < -0.4 is 4.74 Å². The predicted molar refractivity (Wildman–Crippen MR) is 84.5 cm³/mol. The highest BCUT2D eigenvalue weighted by Gasteiger charge is 2.27. The van der Waals surface area contributed by atoms with Gasteiger partial charge in [-0.05, 0) is 32.9 Å². The van der Waals surface area contributed by atoms with E-state index in [0.29, 0.717) is 13.0 Å². The Morgan fingerprint density at radius 2 is 1.71 bits per heavy atom. The van der Waals surface area contributed by atoms with Crippen molar-refractivity contribution in [1.82, 2.24) is 9.80 Å². The molecule has 0 radical (unpaired) electrons. The van der Waals surface area contributed by atoms with Gasteiger partial charge in [0.05, 0.1) is 13.0 Å². The van der Waals surface area contributed by atoms with Crippen molar-refractivity contribution < 1.29 is 9.53 Å². The number of carbonyl (C=O) groups excluding carboxylic acids is 1. The first kappa shape index (κ1) is 15.8. The number of benzene rings is 1. The highest BCUT2D eigenvalue weighted by molar-refractivity contribution is 5.76. The third-order valence-corrected chi connectivity index (χ3v) is 3.91. The Bertz CT molecular complexity index is 446. The Hall–Kier alpha value is -1.55. The molecule has 116 valence electrons. The fourth-order valence-corrected chi connectivity index (χ4v) is 2.56. The molecule has 21 heavy (non-hydrogen) atoms. The fourth-order valence-electron chi connectivity index (χ4n) is 2.56. The van der Waals surface area contributed by atoms with Crippen molar-refractivity contribution in [2.75, 3.05) is 32.8 Å². The van der Waals surface area contributed by atoms with Gasteiger partial charge in [0.25, 0.3) is 0 Å². The highest BCUT2D eigenvalue weighted by Crippen LogP contribution is 2.16. The van der Waals surface area contributed by atoms with E-state index in [-0.39, 0.29) is 11.4 Å². The van der Waals surface area contributed by atoms with Gasteiger partial charge in [0.2, 0.25) is 5.91 Å². The maximum Gasteiger partial charge on any atom is 0.226 e. The van der Waals surface area contributed by atoms with E-state index < -0.39 is 0 Å². The molecule has 0 N–H and O–H groups in total. The number of hydrogen-bond donors (Lipinski definition) is 0. The summed E-state index contributed by atoms with van der Waals surface area (Å²) >= 11 is 0. The average molecular weight is 290 g/mol. The zero-order valence-electron chi connectivity index (χ0n) is 13.3. The van der Waals surface area contributed by atoms with Crippen molar-refractivity contribution in [1.29, 1.82) is 0 Å². The molecular weight excluding hydrogens is 264 g/mol. The van der Waals surface area contributed by atoms with E-state index in [9.17, 15) is 4.79 Å². The quantitative estimate of drug-likeness (QED) is 0.853. The monoisotopic (exact) mass is 290 g/mol. The van der Waals surface area contributed by atoms with Gasteiger partial charge < -0.3 is 9.64 Å². The van der Waals surface area contributed by atoms with Gasteiger partial charge in [-0.3, -0.25) is 9.69 Å². The van der Waals surface area contributed by atoms with Crippen molar-refractivity contribution >= 4 is 5.91 Å². The number of amides is 1. The standard InChI is InChI=1S/C17H26N2O2/c1-17(2,3)19-12-10-18(11-13-19)16(20)9-14-21-15-7-5-4-6-8-15/h4-8H,9-14H2,1-3H3. The van der Waals surface area contributed by atoms with Crippen molar-refractivity contribution in [2.24, 2.45) is 0 Å². The molecular formula is C17H26N2O2. The SMILES string of the molecule is CC(C)(C)N1CCN(C(=O)CCOc2ccccc2)CC1. The van der Waals surface area contributed by atoms with E-state index in [1.54, 1.807) is 0 Å². The van der Waals surface area contributed by atoms with Crippen LogP contribution in [-0.4, -0.2) is 54.0 Å². The molecule has 0 unspecified atom stereocenters. The molecule has 0 aromatic heterocycles. The first-order chi connectivity index (χ1) is 9.97. The number of para-hydroxylation sites is 1. The summed E-state index contributed by atoms with van der Waals surface area (Å²) in [7, 11) is 0. The van der Waals surface area contributed by atoms with Crippen LogP contribution in [0.3, 0.4) is 0 Å². The lowest BCUT2D eigenvalue weighted by Gasteiger charge is -2.42. The Labute approximate surface area is 127 Å². The van der Waals surface area contributed by atoms with Gasteiger partial charge in [0, 0.05) is 31.7 Å². The van der Waals surface area contributed by atoms with Crippen molar-refractivity contribution in [3.05, 3.63) is 30.3 Å². The molecule has 1 heterocycles. The Morgan fingerprint density at radius 1 is 1.10 bits per heavy atom. The molecule has 1 amide bonds. The van der Waals surface area contributed by atoms with Crippen LogP contribution in [0.15, 0.2) is 30.3 Å². The summed E-state index contributed by atoms with van der Waals surface area (Å²) in [4.78, 5) is 16.6. The van der Waals surface area contributed by atoms with Crippen LogP contribution in [0.4, 0.5) is 0 Å². The summed E-state index contributed by atoms with van der Waals surface area (Å²) < 4.78 is 5.58. The Balaban J connectivity index is 1.70. The molecule has 1 aliphatic rings. The van der Waals surface area contributed by atoms with Crippen LogP contribution in [0.1, 0.15) is 27.2 Å². The molecule has 1 aromatic rings. The minimum Gasteiger partial charge on any atom is -0.493 e. The molecule has 0 atom stereocenters. The smallest absolute Gasteiger partial charge is 0.226 e. The molecule has 0 aliphatic carbocycles. The zero-order valence-corrected chi connectivity index (χ0v) is 13.3. The van der Waals surface area contributed by atoms with E-state index in [1.165, 1.54) is 0 Å². The van der Waals surface area contributed by atoms with E-state index >= 15 is 0 Å². The minimum absolute atomic E-state index is 0.186. The van der Waals surface area contributed by atoms with E-state index in [4.69, 9.17) is 4.74 Å². The van der Waals surface area contributed by atoms with Gasteiger partial charge in [-0.15, -0.1) is 0 Å². The molecule has 1 fully saturated rings. The summed E-state index contributed by atoms with van der Waals surface area (Å²) in [5, 5.41) is 0. The zero-order chi connectivity index (χ0) is 15.3. The van der Waals surface area contributed by atoms with Crippen molar-refractivity contribution in [3.8, 4) is 5.75 Å². The van der Waals surface area contributed by atoms with E-state index in [2.05, 4.69) is 25.7 Å². The second kappa shape index (κ2) is 6.94. The largest absolute Gasteiger partial charge is 0.493 e. The normalized spacial score (nSPS) is 16.8. The van der Waals surface area contributed by atoms with Gasteiger partial charge in [-0.1, -0.05) is 18.2 Å². The molecule has 2 rings (SSSR count). The molecule has 0 spiro atoms. The van der Waals surface area contributed by atoms with Crippen LogP contribution >= 0.6 is 0 Å². The predicted octanol–water partition coefficient (Wildman–Crippen LogP) is 2.40. The lowest BCUT2D eigenvalue weighted by Crippen LogP contribution is -2.54. The second-order valence-corrected chi connectivity index (χ2v) is 6.45. The number of carbonyl (C=O) groups is 1. The lowest BCUT2D eigenvalue weighted by atomic mass is 10.0. The lowest BCUT2D eigenvalue weighted by molar-refractivity contribution is -0.134. The fraction of sp³-hybridized carbons (Fsp3) is 0.588. The molecule has 1 aliphatic heterocycles. The van der Waals surface area contributed by atoms with Crippen LogP contribution in [0.5, 0.6) is 5.75 Å². The van der Waals surface area contributed by atoms with E-state index in [0.717, 1.165) is 31.9 Å². The van der Waals surface area contributed by atoms with Gasteiger partial charge in [0.15, 0.2) is 0 Å². The molecule has 0 bridgehead atoms. The van der Waals surface area contributed by atoms with Crippen LogP contribution in [0.25, 0.3) is 0 Å². The Kier molecular flexibility index (Phi) is 5.23. The minimum atomic E-state index is 0.186. The highest BCUT2D eigenvalue weighted by atomic mass is 16.5. The summed E-state index contributed by atoms with van der Waals surface area (Å²) in [6.45, 7) is 10.7. The first-order valence-electron chi connectivity index (χ1n) is 7.67. The topological polar surface area (TPSA) is 32.8 Å². The van der Waals surface area contributed by atoms with Gasteiger partial charge in [-0.25, -0.2) is 0 Å². The maximum absolute atomic E-state index is 12.2. The first-order valence-corrected chi connectivity index (χ1v) is 7.67. The average Bonchev–Trinajstić information content (AvgIpc) is 2.47. The summed E-state index contributed by atoms with van der Waals surface area (Å²) in [5.41, 5.74) is 0.186. The number of hydrogen-bond acceptors (Lipinski definition) is 3. The third-order valence-electron chi connectivity index (χ3n) is 3.91. The number of ether oxygens (including phenoxy) is 1. The molecule has 1 aromatic carbocycles. The number of piperazine rings is 1. The number of nitrogens with zero attached hydrogens (tertiary/aromatic N) is 2. The van der Waals surface area contributed by atoms with Crippen LogP contribution in [0.2, 0.25) is 0 Å². The maximum atomic E-state index is 12.2. The van der Waals surface area contributed by atoms with Gasteiger partial charge in [0.1, 0.15) is 5.75 Å². The summed E-state index contributed by atoms with van der Waals surface area (Å²) in [6.07, 6.45) is 0.449. The molecule has 4 nitrogen and oxygen atoms in total. The Morgan fingerprint density at radius 3 is 2.29 bits per heavy atom. The van der Waals surface area contributed by atoms with Crippen molar-refractivity contribution in [3.63, 3.8) is 0 Å². The third kappa shape index (κ3) is 4.74. The van der Waals surface area contributed by atoms with Crippen LogP contribution in [-0.2, 0) is 4.79 Å². The second-order valence-electron chi connectivity index (χ2n) is 6.45. The van der Waals surface area contributed by atoms with Crippen molar-refractivity contribution in [2.45, 2.75) is 32.7 Å². The summed E-state index contributed by atoms with van der Waals surface area (Å²) in [5.74, 6) is 1.02.